The van der Waals surface area contributed by atoms with Gasteiger partial charge in [0.05, 0.1) is 53.5 Å². The van der Waals surface area contributed by atoms with E-state index in [1.165, 1.54) is 26.0 Å². The average molecular weight is 916 g/mol. The summed E-state index contributed by atoms with van der Waals surface area (Å²) in [7, 11) is 1.91. The number of benzene rings is 1. The summed E-state index contributed by atoms with van der Waals surface area (Å²) in [6.45, 7) is 14.8. The predicted octanol–water partition coefficient (Wildman–Crippen LogP) is 2.83. The van der Waals surface area contributed by atoms with Gasteiger partial charge in [-0.1, -0.05) is 31.1 Å². The first kappa shape index (κ1) is 50.3. The molecule has 20 heteroatoms. The van der Waals surface area contributed by atoms with E-state index < -0.39 is 88.3 Å². The quantitative estimate of drug-likeness (QED) is 0.0659. The van der Waals surface area contributed by atoms with Gasteiger partial charge in [0.1, 0.15) is 35.6 Å². The largest absolute Gasteiger partial charge is 0.494 e. The van der Waals surface area contributed by atoms with Crippen molar-refractivity contribution in [2.45, 2.75) is 154 Å². The molecule has 4 aliphatic heterocycles. The molecule has 362 valence electrons. The van der Waals surface area contributed by atoms with E-state index in [1.807, 2.05) is 32.0 Å². The summed E-state index contributed by atoms with van der Waals surface area (Å²) in [6.07, 6.45) is -1.69. The highest BCUT2D eigenvalue weighted by Crippen LogP contribution is 2.43. The minimum atomic E-state index is -1.91. The van der Waals surface area contributed by atoms with E-state index in [4.69, 9.17) is 28.5 Å². The Balaban J connectivity index is 1.15. The number of non-ortho nitro benzene ring substituents is 1. The first-order valence-corrected chi connectivity index (χ1v) is 23.0. The Bertz CT molecular complexity index is 1940. The number of esters is 1. The predicted molar refractivity (Wildman–Crippen MR) is 235 cm³/mol. The summed E-state index contributed by atoms with van der Waals surface area (Å²) in [6, 6.07) is 5.53. The van der Waals surface area contributed by atoms with Crippen molar-refractivity contribution in [3.63, 3.8) is 0 Å². The number of nitro groups is 1. The molecule has 0 spiro atoms. The van der Waals surface area contributed by atoms with Gasteiger partial charge in [-0.05, 0) is 72.7 Å². The number of hydrogen-bond donors (Lipinski definition) is 4. The molecule has 6 rings (SSSR count). The van der Waals surface area contributed by atoms with Crippen LogP contribution >= 0.6 is 0 Å². The highest BCUT2D eigenvalue weighted by molar-refractivity contribution is 6.00. The standard InChI is InChI=1S/C45H69N7O13/c1-9-36-45(7,57)40(55)27(3)37(48-65-34-15-17-46-23-34)30-22-44(6,61-25-30)41(28(4)38(53)29(5)42(56)63-36)64-43-39(54)35(21-26(2)62-43)50(8)19-16-31-24-51(49-47-31)18-10-20-60-33-13-11-32(12-14-33)52(58)59/h11-14,24,26-30,34-36,39-41,43,46,54-55,57H,9-10,15-23,25H2,1-8H3/b48-37-/t26-,27+,28+,29-,30+,34-,35+,36-,39-,40-,41-,43+,44-,45-/m1/s1. The molecule has 0 amide bonds. The molecule has 0 unspecified atom stereocenters. The van der Waals surface area contributed by atoms with E-state index in [2.05, 4.69) is 20.8 Å². The smallest absolute Gasteiger partial charge is 0.316 e. The monoisotopic (exact) mass is 915 g/mol. The number of aryl methyl sites for hydroxylation is 1. The Morgan fingerprint density at radius 1 is 1.12 bits per heavy atom. The number of oxime groups is 1. The second kappa shape index (κ2) is 21.6. The Morgan fingerprint density at radius 3 is 2.54 bits per heavy atom. The SMILES string of the molecule is CC[C@H]1OC(=O)[C@H](C)C(=O)[C@H](C)[C@@H](O[C@@H]2O[C@H](C)C[C@H](N(C)CCc3cn(CCCOc4ccc([N+](=O)[O-])cc4)nn3)[C@H]2O)[C@@]2(C)C[C@@H](CO2)/C(=N\O[C@@H]2CCNC2)[C@H](C)[C@@H](O)[C@]1(C)O. The van der Waals surface area contributed by atoms with Crippen LogP contribution in [-0.2, 0) is 46.3 Å². The van der Waals surface area contributed by atoms with Crippen LogP contribution in [0.3, 0.4) is 0 Å². The maximum absolute atomic E-state index is 14.3. The van der Waals surface area contributed by atoms with Gasteiger partial charge in [0.15, 0.2) is 12.1 Å². The normalized spacial score (nSPS) is 36.7. The summed E-state index contributed by atoms with van der Waals surface area (Å²) in [5.41, 5.74) is -1.85. The van der Waals surface area contributed by atoms with Crippen LogP contribution < -0.4 is 10.1 Å². The number of nitrogens with zero attached hydrogens (tertiary/aromatic N) is 6. The van der Waals surface area contributed by atoms with Gasteiger partial charge in [0.2, 0.25) is 0 Å². The summed E-state index contributed by atoms with van der Waals surface area (Å²) in [4.78, 5) is 46.5. The van der Waals surface area contributed by atoms with Crippen molar-refractivity contribution >= 4 is 23.2 Å². The summed E-state index contributed by atoms with van der Waals surface area (Å²) >= 11 is 0. The van der Waals surface area contributed by atoms with Crippen LogP contribution in [0.5, 0.6) is 5.75 Å². The van der Waals surface area contributed by atoms with E-state index >= 15 is 0 Å². The zero-order valence-corrected chi connectivity index (χ0v) is 38.9. The number of carbonyl (C=O) groups excluding carboxylic acids is 2. The number of aromatic nitrogens is 3. The van der Waals surface area contributed by atoms with Crippen LogP contribution in [0.15, 0.2) is 35.6 Å². The van der Waals surface area contributed by atoms with E-state index in [9.17, 15) is 35.0 Å². The van der Waals surface area contributed by atoms with Crippen LogP contribution in [0.2, 0.25) is 0 Å². The zero-order chi connectivity index (χ0) is 47.2. The lowest BCUT2D eigenvalue weighted by atomic mass is 9.75. The number of cyclic esters (lactones) is 1. The van der Waals surface area contributed by atoms with Crippen molar-refractivity contribution < 1.29 is 58.4 Å². The number of aliphatic hydroxyl groups is 3. The molecule has 14 atom stereocenters. The third-order valence-electron chi connectivity index (χ3n) is 13.7. The Labute approximate surface area is 380 Å². The van der Waals surface area contributed by atoms with Crippen LogP contribution in [-0.4, -0.2) is 158 Å². The fourth-order valence-corrected chi connectivity index (χ4v) is 9.66. The number of likely N-dealkylation sites (N-methyl/N-ethyl adjacent to an activating group) is 1. The van der Waals surface area contributed by atoms with Crippen molar-refractivity contribution in [2.75, 3.05) is 39.9 Å². The summed E-state index contributed by atoms with van der Waals surface area (Å²) in [5.74, 6) is -4.16. The number of rotatable bonds is 15. The number of ether oxygens (including phenoxy) is 5. The molecule has 0 saturated carbocycles. The molecule has 2 bridgehead atoms. The number of carbonyl (C=O) groups is 2. The number of ketones is 1. The van der Waals surface area contributed by atoms with Crippen LogP contribution in [0.25, 0.3) is 0 Å². The van der Waals surface area contributed by atoms with Crippen molar-refractivity contribution in [3.8, 4) is 5.75 Å². The van der Waals surface area contributed by atoms with Crippen LogP contribution in [0.4, 0.5) is 5.69 Å². The number of nitrogens with one attached hydrogen (secondary N) is 1. The lowest BCUT2D eigenvalue weighted by molar-refractivity contribution is -0.384. The molecule has 0 aliphatic carbocycles. The first-order valence-electron chi connectivity index (χ1n) is 23.0. The second-order valence-electron chi connectivity index (χ2n) is 18.8. The third-order valence-corrected chi connectivity index (χ3v) is 13.7. The third kappa shape index (κ3) is 11.9. The van der Waals surface area contributed by atoms with E-state index in [0.717, 1.165) is 18.7 Å². The molecular weight excluding hydrogens is 847 g/mol. The minimum Gasteiger partial charge on any atom is -0.494 e. The van der Waals surface area contributed by atoms with Gasteiger partial charge < -0.3 is 54.1 Å². The highest BCUT2D eigenvalue weighted by Gasteiger charge is 2.55. The van der Waals surface area contributed by atoms with Gasteiger partial charge in [-0.3, -0.25) is 24.4 Å². The minimum absolute atomic E-state index is 0.00103. The van der Waals surface area contributed by atoms with E-state index in [0.29, 0.717) is 57.0 Å². The number of fused-ring (bicyclic) bond motifs is 2. The van der Waals surface area contributed by atoms with Gasteiger partial charge in [0.25, 0.3) is 5.69 Å². The molecule has 65 heavy (non-hydrogen) atoms. The molecule has 0 radical (unpaired) electrons. The highest BCUT2D eigenvalue weighted by atomic mass is 16.7. The molecule has 4 saturated heterocycles. The number of hydrogen-bond acceptors (Lipinski definition) is 18. The molecule has 2 aromatic rings. The second-order valence-corrected chi connectivity index (χ2v) is 18.8. The maximum atomic E-state index is 14.3. The van der Waals surface area contributed by atoms with Gasteiger partial charge >= 0.3 is 5.97 Å². The van der Waals surface area contributed by atoms with Crippen molar-refractivity contribution in [3.05, 3.63) is 46.3 Å². The molecule has 4 N–H and O–H groups in total. The van der Waals surface area contributed by atoms with Crippen LogP contribution in [0, 0.1) is 33.8 Å². The number of aliphatic hydroxyl groups excluding tert-OH is 2. The van der Waals surface area contributed by atoms with E-state index in [-0.39, 0.29) is 37.3 Å². The molecule has 1 aromatic heterocycles. The zero-order valence-electron chi connectivity index (χ0n) is 38.9. The van der Waals surface area contributed by atoms with Crippen molar-refractivity contribution in [1.82, 2.24) is 25.2 Å². The van der Waals surface area contributed by atoms with Crippen molar-refractivity contribution in [1.29, 1.82) is 0 Å². The molecule has 20 nitrogen and oxygen atoms in total. The Kier molecular flexibility index (Phi) is 16.7. The molecule has 1 aromatic carbocycles. The van der Waals surface area contributed by atoms with Crippen LogP contribution in [0.1, 0.15) is 86.3 Å². The van der Waals surface area contributed by atoms with Gasteiger partial charge in [-0.25, -0.2) is 0 Å². The Morgan fingerprint density at radius 2 is 1.86 bits per heavy atom. The Hall–Kier alpha value is -4.15. The summed E-state index contributed by atoms with van der Waals surface area (Å²) < 4.78 is 33.0. The molecule has 4 aliphatic rings. The van der Waals surface area contributed by atoms with Gasteiger partial charge in [-0.2, -0.15) is 0 Å². The number of Topliss-reactive ketones (excluding diaryl/α,β-unsaturated/α-hetero) is 1. The fraction of sp³-hybridized carbons (Fsp3) is 0.756. The molecule has 4 fully saturated rings. The number of nitro benzene ring substituents is 1. The van der Waals surface area contributed by atoms with Gasteiger partial charge in [0, 0.05) is 81.0 Å². The maximum Gasteiger partial charge on any atom is 0.316 e. The van der Waals surface area contributed by atoms with Crippen molar-refractivity contribution in [2.24, 2.45) is 28.8 Å². The molecule has 5 heterocycles. The topological polar surface area (TPSA) is 252 Å². The summed E-state index contributed by atoms with van der Waals surface area (Å²) in [5, 5.41) is 63.0. The lowest BCUT2D eigenvalue weighted by Gasteiger charge is -2.46. The first-order chi connectivity index (χ1) is 30.8. The van der Waals surface area contributed by atoms with E-state index in [1.54, 1.807) is 37.6 Å². The fourth-order valence-electron chi connectivity index (χ4n) is 9.66. The molecular formula is C45H69N7O13. The lowest BCUT2D eigenvalue weighted by Crippen LogP contribution is -2.59. The van der Waals surface area contributed by atoms with Gasteiger partial charge in [-0.15, -0.1) is 5.10 Å². The average Bonchev–Trinajstić information content (AvgIpc) is 4.07.